The Morgan fingerprint density at radius 1 is 0.952 bits per heavy atom. The monoisotopic (exact) mass is 306 g/mol. The van der Waals surface area contributed by atoms with Gasteiger partial charge in [0.15, 0.2) is 0 Å². The van der Waals surface area contributed by atoms with Crippen molar-refractivity contribution in [2.75, 3.05) is 19.8 Å². The molecule has 7 heteroatoms. The third kappa shape index (κ3) is 23.6. The summed E-state index contributed by atoms with van der Waals surface area (Å²) in [5.74, 6) is -1.19. The Morgan fingerprint density at radius 3 is 1.67 bits per heavy atom. The van der Waals surface area contributed by atoms with Gasteiger partial charge in [-0.1, -0.05) is 6.92 Å². The Morgan fingerprint density at radius 2 is 1.48 bits per heavy atom. The highest BCUT2D eigenvalue weighted by Crippen LogP contribution is 1.92. The average molecular weight is 306 g/mol. The lowest BCUT2D eigenvalue weighted by atomic mass is 10.2. The molecule has 0 aliphatic heterocycles. The van der Waals surface area contributed by atoms with Crippen molar-refractivity contribution in [2.45, 2.75) is 41.0 Å². The highest BCUT2D eigenvalue weighted by molar-refractivity contribution is 5.87. The van der Waals surface area contributed by atoms with Crippen molar-refractivity contribution >= 4 is 24.7 Å². The topological polar surface area (TPSA) is 96.0 Å². The summed E-state index contributed by atoms with van der Waals surface area (Å²) < 4.78 is 13.2. The molecule has 7 nitrogen and oxygen atoms in total. The molecule has 0 saturated heterocycles. The molecule has 0 aromatic carbocycles. The van der Waals surface area contributed by atoms with Crippen LogP contribution in [0.5, 0.6) is 0 Å². The molecule has 124 valence electrons. The van der Waals surface area contributed by atoms with Gasteiger partial charge in [0.05, 0.1) is 19.8 Å². The molecule has 21 heavy (non-hydrogen) atoms. The van der Waals surface area contributed by atoms with Crippen molar-refractivity contribution in [3.05, 3.63) is 0 Å². The molecule has 0 bridgehead atoms. The normalized spacial score (nSPS) is 9.57. The minimum Gasteiger partial charge on any atom is -0.468 e. The molecule has 0 saturated carbocycles. The standard InChI is InChI=1S/C6H10O3.C5H10O2.C3H6O2/c1-3-9-6(8)5(2)4-7;1-3-5(6)7-4-2;1-2-5-3-4/h4-5H,3H2,1-2H3;3-4H2,1-2H3;3H,2H2,1H3. The molecule has 0 amide bonds. The molecule has 1 atom stereocenters. The smallest absolute Gasteiger partial charge is 0.315 e. The Kier molecular flexibility index (Phi) is 23.4. The number of ether oxygens (including phenoxy) is 3. The van der Waals surface area contributed by atoms with Crippen LogP contribution < -0.4 is 0 Å². The predicted octanol–water partition coefficient (Wildman–Crippen LogP) is 1.52. The molecule has 0 aliphatic carbocycles. The maximum Gasteiger partial charge on any atom is 0.315 e. The maximum absolute atomic E-state index is 10.5. The first-order chi connectivity index (χ1) is 9.94. The zero-order valence-corrected chi connectivity index (χ0v) is 13.4. The van der Waals surface area contributed by atoms with Gasteiger partial charge < -0.3 is 19.0 Å². The molecule has 0 rings (SSSR count). The van der Waals surface area contributed by atoms with Crippen molar-refractivity contribution in [3.63, 3.8) is 0 Å². The van der Waals surface area contributed by atoms with Crippen LogP contribution in [0.15, 0.2) is 0 Å². The van der Waals surface area contributed by atoms with Crippen molar-refractivity contribution in [2.24, 2.45) is 5.92 Å². The van der Waals surface area contributed by atoms with Crippen LogP contribution in [0, 0.1) is 5.92 Å². The summed E-state index contributed by atoms with van der Waals surface area (Å²) in [6.45, 7) is 10.3. The zero-order valence-electron chi connectivity index (χ0n) is 13.4. The maximum atomic E-state index is 10.5. The van der Waals surface area contributed by atoms with Crippen LogP contribution in [-0.4, -0.2) is 44.5 Å². The summed E-state index contributed by atoms with van der Waals surface area (Å²) in [6, 6.07) is 0. The summed E-state index contributed by atoms with van der Waals surface area (Å²) in [7, 11) is 0. The second kappa shape index (κ2) is 20.4. The largest absolute Gasteiger partial charge is 0.468 e. The highest BCUT2D eigenvalue weighted by Gasteiger charge is 2.10. The molecule has 0 N–H and O–H groups in total. The lowest BCUT2D eigenvalue weighted by Crippen LogP contribution is -2.15. The van der Waals surface area contributed by atoms with Crippen molar-refractivity contribution in [1.82, 2.24) is 0 Å². The fourth-order valence-electron chi connectivity index (χ4n) is 0.660. The molecular formula is C14H26O7. The lowest BCUT2D eigenvalue weighted by Gasteiger charge is -2.01. The molecule has 0 fully saturated rings. The van der Waals surface area contributed by atoms with Gasteiger partial charge in [0, 0.05) is 6.42 Å². The van der Waals surface area contributed by atoms with Crippen molar-refractivity contribution in [1.29, 1.82) is 0 Å². The Balaban J connectivity index is -0.000000242. The van der Waals surface area contributed by atoms with E-state index in [2.05, 4.69) is 14.2 Å². The van der Waals surface area contributed by atoms with Gasteiger partial charge in [-0.05, 0) is 27.7 Å². The van der Waals surface area contributed by atoms with Gasteiger partial charge in [0.1, 0.15) is 12.2 Å². The van der Waals surface area contributed by atoms with E-state index in [9.17, 15) is 19.2 Å². The number of carbonyl (C=O) groups excluding carboxylic acids is 4. The molecule has 0 aromatic rings. The lowest BCUT2D eigenvalue weighted by molar-refractivity contribution is -0.148. The summed E-state index contributed by atoms with van der Waals surface area (Å²) in [6.07, 6.45) is 1.05. The SMILES string of the molecule is CCOC(=O)C(C)C=O.CCOC(=O)CC.CCOC=O. The summed E-state index contributed by atoms with van der Waals surface area (Å²) in [4.78, 5) is 39.8. The first kappa shape index (κ1) is 24.1. The molecule has 0 radical (unpaired) electrons. The van der Waals surface area contributed by atoms with Crippen LogP contribution in [0.25, 0.3) is 0 Å². The molecule has 0 spiro atoms. The number of esters is 2. The highest BCUT2D eigenvalue weighted by atomic mass is 16.5. The van der Waals surface area contributed by atoms with E-state index in [-0.39, 0.29) is 5.97 Å². The number of aldehydes is 1. The molecule has 0 aromatic heterocycles. The quantitative estimate of drug-likeness (QED) is 0.304. The van der Waals surface area contributed by atoms with Crippen LogP contribution in [-0.2, 0) is 33.4 Å². The van der Waals surface area contributed by atoms with Gasteiger partial charge in [-0.3, -0.25) is 14.4 Å². The number of carbonyl (C=O) groups is 4. The van der Waals surface area contributed by atoms with E-state index in [1.165, 1.54) is 6.92 Å². The van der Waals surface area contributed by atoms with E-state index in [4.69, 9.17) is 0 Å². The van der Waals surface area contributed by atoms with Crippen LogP contribution in [0.4, 0.5) is 0 Å². The first-order valence-corrected chi connectivity index (χ1v) is 6.77. The summed E-state index contributed by atoms with van der Waals surface area (Å²) in [5.41, 5.74) is 0. The van der Waals surface area contributed by atoms with Gasteiger partial charge in [0.25, 0.3) is 6.47 Å². The second-order valence-corrected chi connectivity index (χ2v) is 3.39. The van der Waals surface area contributed by atoms with E-state index >= 15 is 0 Å². The molecule has 0 aliphatic rings. The Labute approximate surface area is 125 Å². The number of hydrogen-bond donors (Lipinski definition) is 0. The summed E-state index contributed by atoms with van der Waals surface area (Å²) >= 11 is 0. The fourth-order valence-corrected chi connectivity index (χ4v) is 0.660. The number of rotatable bonds is 7. The average Bonchev–Trinajstić information content (AvgIpc) is 2.49. The second-order valence-electron chi connectivity index (χ2n) is 3.39. The molecular weight excluding hydrogens is 280 g/mol. The predicted molar refractivity (Wildman–Crippen MR) is 76.5 cm³/mol. The third-order valence-corrected chi connectivity index (χ3v) is 1.69. The van der Waals surface area contributed by atoms with Crippen LogP contribution in [0.2, 0.25) is 0 Å². The van der Waals surface area contributed by atoms with Crippen molar-refractivity contribution in [3.8, 4) is 0 Å². The van der Waals surface area contributed by atoms with E-state index in [1.54, 1.807) is 27.7 Å². The first-order valence-electron chi connectivity index (χ1n) is 6.77. The van der Waals surface area contributed by atoms with E-state index < -0.39 is 11.9 Å². The Bertz CT molecular complexity index is 276. The van der Waals surface area contributed by atoms with Gasteiger partial charge in [-0.25, -0.2) is 0 Å². The van der Waals surface area contributed by atoms with Crippen LogP contribution in [0.3, 0.4) is 0 Å². The van der Waals surface area contributed by atoms with E-state index in [0.717, 1.165) is 0 Å². The molecule has 1 unspecified atom stereocenters. The van der Waals surface area contributed by atoms with Gasteiger partial charge in [-0.2, -0.15) is 0 Å². The van der Waals surface area contributed by atoms with Gasteiger partial charge in [-0.15, -0.1) is 0 Å². The van der Waals surface area contributed by atoms with Crippen LogP contribution in [0.1, 0.15) is 41.0 Å². The minimum absolute atomic E-state index is 0.123. The van der Waals surface area contributed by atoms with Gasteiger partial charge in [0.2, 0.25) is 0 Å². The minimum atomic E-state index is -0.620. The van der Waals surface area contributed by atoms with E-state index in [0.29, 0.717) is 39.0 Å². The fraction of sp³-hybridized carbons (Fsp3) is 0.714. The third-order valence-electron chi connectivity index (χ3n) is 1.69. The molecule has 0 heterocycles. The summed E-state index contributed by atoms with van der Waals surface area (Å²) in [5, 5.41) is 0. The van der Waals surface area contributed by atoms with E-state index in [1.807, 2.05) is 0 Å². The number of hydrogen-bond acceptors (Lipinski definition) is 7. The Hall–Kier alpha value is -1.92. The zero-order chi connectivity index (χ0) is 17.1. The van der Waals surface area contributed by atoms with Gasteiger partial charge >= 0.3 is 11.9 Å². The van der Waals surface area contributed by atoms with Crippen LogP contribution >= 0.6 is 0 Å². The van der Waals surface area contributed by atoms with Crippen molar-refractivity contribution < 1.29 is 33.4 Å².